The van der Waals surface area contributed by atoms with Crippen LogP contribution in [-0.2, 0) is 17.5 Å². The van der Waals surface area contributed by atoms with Gasteiger partial charge >= 0.3 is 11.9 Å². The summed E-state index contributed by atoms with van der Waals surface area (Å²) < 4.78 is 44.6. The highest BCUT2D eigenvalue weighted by Crippen LogP contribution is 2.40. The molecule has 0 atom stereocenters. The summed E-state index contributed by atoms with van der Waals surface area (Å²) in [6, 6.07) is 16.5. The van der Waals surface area contributed by atoms with Crippen LogP contribution in [0, 0.1) is 21.4 Å². The Morgan fingerprint density at radius 1 is 1.05 bits per heavy atom. The predicted molar refractivity (Wildman–Crippen MR) is 127 cm³/mol. The molecule has 0 unspecified atom stereocenters. The smallest absolute Gasteiger partial charge is 0.416 e. The first-order chi connectivity index (χ1) is 17.6. The molecule has 8 nitrogen and oxygen atoms in total. The van der Waals surface area contributed by atoms with Crippen LogP contribution in [0.3, 0.4) is 0 Å². The molecule has 0 aromatic heterocycles. The largest absolute Gasteiger partial charge is 0.449 e. The van der Waals surface area contributed by atoms with E-state index in [0.29, 0.717) is 35.0 Å². The minimum absolute atomic E-state index is 0.0204. The normalized spacial score (nSPS) is 14.6. The standard InChI is InChI=1S/C25H14F3N3O5S/c26-25(27,28)18-9-10-21(19(12-18)31(34)35)36-20-8-4-3-5-15(20)11-22-23(32)30(24(33)37-22)14-17-7-2-1-6-16(17)13-29/h1-12H,14H2/b22-11+. The number of nitro groups is 1. The van der Waals surface area contributed by atoms with Crippen LogP contribution in [0.1, 0.15) is 22.3 Å². The highest BCUT2D eigenvalue weighted by molar-refractivity contribution is 8.18. The third-order valence-corrected chi connectivity index (χ3v) is 6.16. The first kappa shape index (κ1) is 25.5. The van der Waals surface area contributed by atoms with Crippen molar-refractivity contribution in [3.63, 3.8) is 0 Å². The molecule has 0 radical (unpaired) electrons. The van der Waals surface area contributed by atoms with Crippen LogP contribution in [0.4, 0.5) is 23.7 Å². The number of rotatable bonds is 6. The van der Waals surface area contributed by atoms with Gasteiger partial charge in [0.2, 0.25) is 5.75 Å². The molecular formula is C25H14F3N3O5S. The average Bonchev–Trinajstić information content (AvgIpc) is 3.12. The van der Waals surface area contributed by atoms with Gasteiger partial charge in [0.15, 0.2) is 0 Å². The number of amides is 2. The Kier molecular flexibility index (Phi) is 6.99. The molecular weight excluding hydrogens is 511 g/mol. The van der Waals surface area contributed by atoms with E-state index in [2.05, 4.69) is 0 Å². The SMILES string of the molecule is N#Cc1ccccc1CN1C(=O)S/C(=C/c2ccccc2Oc2ccc(C(F)(F)F)cc2[N+](=O)[O-])C1=O. The number of nitriles is 1. The lowest BCUT2D eigenvalue weighted by Crippen LogP contribution is -2.27. The molecule has 0 spiro atoms. The summed E-state index contributed by atoms with van der Waals surface area (Å²) in [5, 5.41) is 20.1. The van der Waals surface area contributed by atoms with Crippen molar-refractivity contribution in [2.75, 3.05) is 0 Å². The highest BCUT2D eigenvalue weighted by Gasteiger charge is 2.36. The number of carbonyl (C=O) groups is 2. The van der Waals surface area contributed by atoms with E-state index in [0.717, 1.165) is 11.0 Å². The van der Waals surface area contributed by atoms with Crippen LogP contribution in [0.15, 0.2) is 71.6 Å². The molecule has 0 aliphatic carbocycles. The van der Waals surface area contributed by atoms with E-state index in [9.17, 15) is 38.1 Å². The maximum absolute atomic E-state index is 13.0. The van der Waals surface area contributed by atoms with Gasteiger partial charge in [-0.25, -0.2) is 0 Å². The summed E-state index contributed by atoms with van der Waals surface area (Å²) in [4.78, 5) is 36.9. The molecule has 2 amide bonds. The van der Waals surface area contributed by atoms with E-state index in [1.807, 2.05) is 6.07 Å². The molecule has 0 N–H and O–H groups in total. The molecule has 1 fully saturated rings. The van der Waals surface area contributed by atoms with Crippen LogP contribution in [0.5, 0.6) is 11.5 Å². The van der Waals surface area contributed by atoms with Crippen LogP contribution >= 0.6 is 11.8 Å². The quantitative estimate of drug-likeness (QED) is 0.205. The molecule has 186 valence electrons. The molecule has 1 aliphatic rings. The van der Waals surface area contributed by atoms with Crippen molar-refractivity contribution in [1.82, 2.24) is 4.90 Å². The number of alkyl halides is 3. The monoisotopic (exact) mass is 525 g/mol. The number of nitrogens with zero attached hydrogens (tertiary/aromatic N) is 3. The summed E-state index contributed by atoms with van der Waals surface area (Å²) in [5.41, 5.74) is -1.01. The van der Waals surface area contributed by atoms with Crippen LogP contribution in [-0.4, -0.2) is 21.0 Å². The van der Waals surface area contributed by atoms with Gasteiger partial charge in [0.1, 0.15) is 5.75 Å². The third-order valence-electron chi connectivity index (χ3n) is 5.25. The number of imide groups is 1. The molecule has 1 aliphatic heterocycles. The first-order valence-corrected chi connectivity index (χ1v) is 11.3. The molecule has 3 aromatic rings. The Morgan fingerprint density at radius 2 is 1.76 bits per heavy atom. The van der Waals surface area contributed by atoms with Gasteiger partial charge in [-0.2, -0.15) is 18.4 Å². The second kappa shape index (κ2) is 10.2. The molecule has 0 bridgehead atoms. The van der Waals surface area contributed by atoms with Crippen LogP contribution in [0.2, 0.25) is 0 Å². The molecule has 37 heavy (non-hydrogen) atoms. The fraction of sp³-hybridized carbons (Fsp3) is 0.0800. The number of halogens is 3. The summed E-state index contributed by atoms with van der Waals surface area (Å²) in [7, 11) is 0. The van der Waals surface area contributed by atoms with Crippen molar-refractivity contribution < 1.29 is 32.4 Å². The molecule has 1 saturated heterocycles. The molecule has 1 heterocycles. The molecule has 3 aromatic carbocycles. The van der Waals surface area contributed by atoms with Gasteiger partial charge in [-0.05, 0) is 47.7 Å². The Hall–Kier alpha value is -4.63. The number of ether oxygens (including phenoxy) is 1. The number of para-hydroxylation sites is 1. The lowest BCUT2D eigenvalue weighted by atomic mass is 10.1. The Bertz CT molecular complexity index is 1500. The van der Waals surface area contributed by atoms with Gasteiger partial charge in [0, 0.05) is 11.6 Å². The number of thioether (sulfide) groups is 1. The second-order valence-corrected chi connectivity index (χ2v) is 8.61. The molecule has 0 saturated carbocycles. The van der Waals surface area contributed by atoms with Crippen LogP contribution < -0.4 is 4.74 Å². The molecule has 12 heteroatoms. The van der Waals surface area contributed by atoms with Gasteiger partial charge in [-0.3, -0.25) is 24.6 Å². The van der Waals surface area contributed by atoms with Crippen molar-refractivity contribution in [2.24, 2.45) is 0 Å². The summed E-state index contributed by atoms with van der Waals surface area (Å²) in [6.07, 6.45) is -3.43. The van der Waals surface area contributed by atoms with E-state index < -0.39 is 39.2 Å². The summed E-state index contributed by atoms with van der Waals surface area (Å²) in [5.74, 6) is -1.02. The van der Waals surface area contributed by atoms with E-state index in [4.69, 9.17) is 4.74 Å². The van der Waals surface area contributed by atoms with Gasteiger partial charge in [-0.1, -0.05) is 36.4 Å². The zero-order valence-corrected chi connectivity index (χ0v) is 19.4. The predicted octanol–water partition coefficient (Wildman–Crippen LogP) is 6.51. The third kappa shape index (κ3) is 5.46. The minimum Gasteiger partial charge on any atom is -0.449 e. The number of benzene rings is 3. The van der Waals surface area contributed by atoms with E-state index in [-0.39, 0.29) is 22.8 Å². The van der Waals surface area contributed by atoms with Crippen molar-refractivity contribution in [1.29, 1.82) is 5.26 Å². The summed E-state index contributed by atoms with van der Waals surface area (Å²) >= 11 is 0.664. The zero-order chi connectivity index (χ0) is 26.7. The maximum atomic E-state index is 13.0. The topological polar surface area (TPSA) is 114 Å². The fourth-order valence-corrected chi connectivity index (χ4v) is 4.28. The van der Waals surface area contributed by atoms with Crippen molar-refractivity contribution >= 4 is 34.7 Å². The summed E-state index contributed by atoms with van der Waals surface area (Å²) in [6.45, 7) is -0.109. The van der Waals surface area contributed by atoms with Gasteiger partial charge < -0.3 is 4.74 Å². The highest BCUT2D eigenvalue weighted by atomic mass is 32.2. The van der Waals surface area contributed by atoms with Gasteiger partial charge in [-0.15, -0.1) is 0 Å². The Balaban J connectivity index is 1.63. The van der Waals surface area contributed by atoms with E-state index in [1.54, 1.807) is 30.3 Å². The second-order valence-electron chi connectivity index (χ2n) is 7.61. The zero-order valence-electron chi connectivity index (χ0n) is 18.6. The van der Waals surface area contributed by atoms with Gasteiger partial charge in [0.05, 0.1) is 33.6 Å². The maximum Gasteiger partial charge on any atom is 0.416 e. The Morgan fingerprint density at radius 3 is 2.46 bits per heavy atom. The Labute approximate surface area is 211 Å². The van der Waals surface area contributed by atoms with Crippen LogP contribution in [0.25, 0.3) is 6.08 Å². The van der Waals surface area contributed by atoms with Crippen molar-refractivity contribution in [3.05, 3.63) is 104 Å². The number of nitro benzene ring substituents is 1. The van der Waals surface area contributed by atoms with Crippen molar-refractivity contribution in [3.8, 4) is 17.6 Å². The number of hydrogen-bond donors (Lipinski definition) is 0. The van der Waals surface area contributed by atoms with E-state index >= 15 is 0 Å². The lowest BCUT2D eigenvalue weighted by Gasteiger charge is -2.13. The van der Waals surface area contributed by atoms with Crippen molar-refractivity contribution in [2.45, 2.75) is 12.7 Å². The average molecular weight is 525 g/mol. The minimum atomic E-state index is -4.78. The lowest BCUT2D eigenvalue weighted by molar-refractivity contribution is -0.385. The van der Waals surface area contributed by atoms with Gasteiger partial charge in [0.25, 0.3) is 11.1 Å². The molecule has 4 rings (SSSR count). The van der Waals surface area contributed by atoms with E-state index in [1.165, 1.54) is 24.3 Å². The number of carbonyl (C=O) groups excluding carboxylic acids is 2. The first-order valence-electron chi connectivity index (χ1n) is 10.4. The number of hydrogen-bond acceptors (Lipinski definition) is 7. The fourth-order valence-electron chi connectivity index (χ4n) is 3.45.